The van der Waals surface area contributed by atoms with Crippen molar-refractivity contribution in [3.8, 4) is 0 Å². The van der Waals surface area contributed by atoms with E-state index in [0.717, 1.165) is 36.4 Å². The molecule has 1 aromatic carbocycles. The summed E-state index contributed by atoms with van der Waals surface area (Å²) < 4.78 is 2.12. The van der Waals surface area contributed by atoms with Gasteiger partial charge in [-0.1, -0.05) is 18.0 Å². The third-order valence-electron chi connectivity index (χ3n) is 4.24. The van der Waals surface area contributed by atoms with Crippen LogP contribution >= 0.6 is 11.6 Å². The number of hydrogen-bond donors (Lipinski definition) is 1. The third kappa shape index (κ3) is 2.55. The minimum Gasteiger partial charge on any atom is -0.395 e. The lowest BCUT2D eigenvalue weighted by atomic mass is 10.0. The summed E-state index contributed by atoms with van der Waals surface area (Å²) in [5.74, 6) is 1.03. The smallest absolute Gasteiger partial charge is 0.123 e. The molecule has 1 aliphatic heterocycles. The summed E-state index contributed by atoms with van der Waals surface area (Å²) in [7, 11) is 2.04. The quantitative estimate of drug-likeness (QED) is 0.946. The number of fused-ring (bicyclic) bond motifs is 1. The van der Waals surface area contributed by atoms with Gasteiger partial charge in [0.15, 0.2) is 0 Å². The van der Waals surface area contributed by atoms with Crippen LogP contribution in [0.3, 0.4) is 0 Å². The monoisotopic (exact) mass is 293 g/mol. The van der Waals surface area contributed by atoms with Gasteiger partial charge in [0.05, 0.1) is 24.2 Å². The summed E-state index contributed by atoms with van der Waals surface area (Å²) in [6.07, 6.45) is 3.48. The molecule has 1 atom stereocenters. The van der Waals surface area contributed by atoms with E-state index >= 15 is 0 Å². The van der Waals surface area contributed by atoms with E-state index in [1.165, 1.54) is 12.8 Å². The van der Waals surface area contributed by atoms with Gasteiger partial charge < -0.3 is 9.67 Å². The fourth-order valence-corrected chi connectivity index (χ4v) is 3.19. The number of imidazole rings is 1. The number of halogens is 1. The van der Waals surface area contributed by atoms with E-state index in [1.807, 2.05) is 25.2 Å². The maximum absolute atomic E-state index is 9.50. The fourth-order valence-electron chi connectivity index (χ4n) is 3.02. The summed E-state index contributed by atoms with van der Waals surface area (Å²) in [4.78, 5) is 7.03. The molecule has 0 spiro atoms. The number of piperidine rings is 1. The number of benzene rings is 1. The van der Waals surface area contributed by atoms with Crippen molar-refractivity contribution in [2.24, 2.45) is 7.05 Å². The highest BCUT2D eigenvalue weighted by Crippen LogP contribution is 2.23. The Bertz CT molecular complexity index is 610. The predicted octanol–water partition coefficient (Wildman–Crippen LogP) is 2.57. The van der Waals surface area contributed by atoms with Gasteiger partial charge in [-0.2, -0.15) is 0 Å². The highest BCUT2D eigenvalue weighted by atomic mass is 35.5. The van der Waals surface area contributed by atoms with Crippen molar-refractivity contribution in [3.05, 3.63) is 29.0 Å². The minimum absolute atomic E-state index is 0.232. The molecule has 5 heteroatoms. The first kappa shape index (κ1) is 13.9. The second-order valence-corrected chi connectivity index (χ2v) is 5.96. The van der Waals surface area contributed by atoms with Crippen LogP contribution in [0.1, 0.15) is 25.1 Å². The zero-order valence-electron chi connectivity index (χ0n) is 11.7. The topological polar surface area (TPSA) is 41.3 Å². The average Bonchev–Trinajstić information content (AvgIpc) is 2.75. The van der Waals surface area contributed by atoms with E-state index in [-0.39, 0.29) is 12.6 Å². The Labute approximate surface area is 124 Å². The number of nitrogens with zero attached hydrogens (tertiary/aromatic N) is 3. The summed E-state index contributed by atoms with van der Waals surface area (Å²) in [6.45, 7) is 2.05. The summed E-state index contributed by atoms with van der Waals surface area (Å²) >= 11 is 6.03. The Kier molecular flexibility index (Phi) is 3.96. The zero-order valence-corrected chi connectivity index (χ0v) is 12.5. The van der Waals surface area contributed by atoms with Crippen molar-refractivity contribution in [2.45, 2.75) is 31.8 Å². The number of aliphatic hydroxyl groups is 1. The van der Waals surface area contributed by atoms with Crippen molar-refractivity contribution in [3.63, 3.8) is 0 Å². The molecule has 1 N–H and O–H groups in total. The highest BCUT2D eigenvalue weighted by molar-refractivity contribution is 6.31. The normalized spacial score (nSPS) is 20.6. The van der Waals surface area contributed by atoms with Crippen LogP contribution < -0.4 is 0 Å². The Morgan fingerprint density at radius 1 is 1.40 bits per heavy atom. The van der Waals surface area contributed by atoms with Crippen LogP contribution in [0.5, 0.6) is 0 Å². The molecule has 2 aromatic rings. The second-order valence-electron chi connectivity index (χ2n) is 5.52. The fraction of sp³-hybridized carbons (Fsp3) is 0.533. The molecule has 1 aromatic heterocycles. The first-order valence-electron chi connectivity index (χ1n) is 7.15. The van der Waals surface area contributed by atoms with Crippen LogP contribution in [0.25, 0.3) is 11.0 Å². The Morgan fingerprint density at radius 2 is 2.25 bits per heavy atom. The molecule has 1 aliphatic rings. The van der Waals surface area contributed by atoms with Crippen LogP contribution in [0.15, 0.2) is 18.2 Å². The summed E-state index contributed by atoms with van der Waals surface area (Å²) in [5, 5.41) is 10.2. The maximum atomic E-state index is 9.50. The van der Waals surface area contributed by atoms with Gasteiger partial charge in [0.2, 0.25) is 0 Å². The van der Waals surface area contributed by atoms with E-state index < -0.39 is 0 Å². The SMILES string of the molecule is Cn1c(CN2CCCCC2CO)nc2cc(Cl)ccc21. The van der Waals surface area contributed by atoms with E-state index in [1.54, 1.807) is 0 Å². The first-order chi connectivity index (χ1) is 9.69. The highest BCUT2D eigenvalue weighted by Gasteiger charge is 2.23. The molecule has 0 saturated carbocycles. The molecule has 2 heterocycles. The molecule has 0 aliphatic carbocycles. The number of rotatable bonds is 3. The molecule has 0 radical (unpaired) electrons. The van der Waals surface area contributed by atoms with Crippen LogP contribution in [0, 0.1) is 0 Å². The lowest BCUT2D eigenvalue weighted by molar-refractivity contribution is 0.0813. The van der Waals surface area contributed by atoms with Gasteiger partial charge in [-0.3, -0.25) is 4.90 Å². The van der Waals surface area contributed by atoms with Gasteiger partial charge in [0, 0.05) is 18.1 Å². The minimum atomic E-state index is 0.232. The van der Waals surface area contributed by atoms with Crippen LogP contribution in [-0.4, -0.2) is 38.8 Å². The number of aryl methyl sites for hydroxylation is 1. The van der Waals surface area contributed by atoms with Gasteiger partial charge in [-0.25, -0.2) is 4.98 Å². The molecule has 1 unspecified atom stereocenters. The summed E-state index contributed by atoms with van der Waals surface area (Å²) in [5.41, 5.74) is 2.04. The zero-order chi connectivity index (χ0) is 14.1. The summed E-state index contributed by atoms with van der Waals surface area (Å²) in [6, 6.07) is 6.08. The number of likely N-dealkylation sites (tertiary alicyclic amines) is 1. The molecule has 20 heavy (non-hydrogen) atoms. The van der Waals surface area contributed by atoms with Crippen LogP contribution in [-0.2, 0) is 13.6 Å². The van der Waals surface area contributed by atoms with E-state index in [2.05, 4.69) is 9.47 Å². The van der Waals surface area contributed by atoms with Crippen molar-refractivity contribution < 1.29 is 5.11 Å². The molecule has 0 bridgehead atoms. The second kappa shape index (κ2) is 5.72. The van der Waals surface area contributed by atoms with Gasteiger partial charge in [0.1, 0.15) is 5.82 Å². The standard InChI is InChI=1S/C15H20ClN3O/c1-18-14-6-5-11(16)8-13(14)17-15(18)9-19-7-3-2-4-12(19)10-20/h5-6,8,12,20H,2-4,7,9-10H2,1H3. The van der Waals surface area contributed by atoms with Gasteiger partial charge in [-0.05, 0) is 37.6 Å². The van der Waals surface area contributed by atoms with Gasteiger partial charge >= 0.3 is 0 Å². The number of aliphatic hydroxyl groups excluding tert-OH is 1. The molecule has 0 amide bonds. The van der Waals surface area contributed by atoms with Crippen molar-refractivity contribution in [1.29, 1.82) is 0 Å². The maximum Gasteiger partial charge on any atom is 0.123 e. The largest absolute Gasteiger partial charge is 0.395 e. The molecule has 1 saturated heterocycles. The molecular weight excluding hydrogens is 274 g/mol. The Morgan fingerprint density at radius 3 is 3.05 bits per heavy atom. The van der Waals surface area contributed by atoms with Crippen LogP contribution in [0.2, 0.25) is 5.02 Å². The lowest BCUT2D eigenvalue weighted by Gasteiger charge is -2.34. The van der Waals surface area contributed by atoms with Gasteiger partial charge in [0.25, 0.3) is 0 Å². The first-order valence-corrected chi connectivity index (χ1v) is 7.52. The van der Waals surface area contributed by atoms with Crippen molar-refractivity contribution in [1.82, 2.24) is 14.5 Å². The van der Waals surface area contributed by atoms with Crippen molar-refractivity contribution in [2.75, 3.05) is 13.2 Å². The molecule has 1 fully saturated rings. The number of hydrogen-bond acceptors (Lipinski definition) is 3. The van der Waals surface area contributed by atoms with Crippen molar-refractivity contribution >= 4 is 22.6 Å². The van der Waals surface area contributed by atoms with Crippen LogP contribution in [0.4, 0.5) is 0 Å². The molecular formula is C15H20ClN3O. The molecule has 3 rings (SSSR count). The lowest BCUT2D eigenvalue weighted by Crippen LogP contribution is -2.41. The number of aromatic nitrogens is 2. The Balaban J connectivity index is 1.88. The van der Waals surface area contributed by atoms with E-state index in [9.17, 15) is 5.11 Å². The Hall–Kier alpha value is -1.10. The van der Waals surface area contributed by atoms with E-state index in [4.69, 9.17) is 16.6 Å². The predicted molar refractivity (Wildman–Crippen MR) is 80.9 cm³/mol. The third-order valence-corrected chi connectivity index (χ3v) is 4.47. The van der Waals surface area contributed by atoms with E-state index in [0.29, 0.717) is 5.02 Å². The molecule has 108 valence electrons. The van der Waals surface area contributed by atoms with Gasteiger partial charge in [-0.15, -0.1) is 0 Å². The molecule has 4 nitrogen and oxygen atoms in total. The average molecular weight is 294 g/mol.